The van der Waals surface area contributed by atoms with Gasteiger partial charge in [0.15, 0.2) is 0 Å². The summed E-state index contributed by atoms with van der Waals surface area (Å²) in [5.41, 5.74) is 5.03. The zero-order chi connectivity index (χ0) is 13.6. The Kier molecular flexibility index (Phi) is 2.63. The molecule has 3 heteroatoms. The molecule has 1 aromatic carbocycles. The second-order valence-electron chi connectivity index (χ2n) is 5.19. The Hall–Kier alpha value is -2.16. The Bertz CT molecular complexity index is 628. The molecule has 1 heterocycles. The number of aromatic nitrogens is 1. The van der Waals surface area contributed by atoms with Crippen LogP contribution < -0.4 is 0 Å². The first-order chi connectivity index (χ1) is 9.09. The molecular weight excluding hydrogens is 238 g/mol. The number of nitrogens with zero attached hydrogens (tertiary/aromatic N) is 1. The summed E-state index contributed by atoms with van der Waals surface area (Å²) in [5.74, 6) is 0.316. The van der Waals surface area contributed by atoms with Gasteiger partial charge in [0.05, 0.1) is 5.69 Å². The lowest BCUT2D eigenvalue weighted by molar-refractivity contribution is 0.399. The summed E-state index contributed by atoms with van der Waals surface area (Å²) in [7, 11) is 0. The Morgan fingerprint density at radius 1 is 0.842 bits per heavy atom. The number of fused-ring (bicyclic) bond motifs is 1. The standard InChI is InChI=1S/C16H17NO2/c1-10-8-13-14(9-11(10)2)16(19)17(15(13)18)12-6-4-3-5-7-12/h3-7,18-19H,8-9H2,1-2H3. The predicted molar refractivity (Wildman–Crippen MR) is 74.9 cm³/mol. The van der Waals surface area contributed by atoms with Crippen molar-refractivity contribution in [2.45, 2.75) is 26.7 Å². The van der Waals surface area contributed by atoms with E-state index in [2.05, 4.69) is 13.8 Å². The number of rotatable bonds is 1. The average Bonchev–Trinajstić information content (AvgIpc) is 2.64. The van der Waals surface area contributed by atoms with Crippen molar-refractivity contribution in [3.8, 4) is 17.4 Å². The van der Waals surface area contributed by atoms with Crippen LogP contribution in [0, 0.1) is 0 Å². The molecule has 0 fully saturated rings. The quantitative estimate of drug-likeness (QED) is 0.768. The highest BCUT2D eigenvalue weighted by atomic mass is 16.3. The fraction of sp³-hybridized carbons (Fsp3) is 0.250. The SMILES string of the molecule is CC1=C(C)Cc2c(c(O)n(-c3ccccc3)c2O)C1. The number of hydrogen-bond donors (Lipinski definition) is 2. The minimum atomic E-state index is 0.158. The molecule has 0 atom stereocenters. The Labute approximate surface area is 112 Å². The molecule has 0 aliphatic heterocycles. The van der Waals surface area contributed by atoms with Crippen LogP contribution in [0.4, 0.5) is 0 Å². The van der Waals surface area contributed by atoms with Crippen LogP contribution in [0.5, 0.6) is 11.8 Å². The van der Waals surface area contributed by atoms with Gasteiger partial charge in [-0.15, -0.1) is 0 Å². The zero-order valence-corrected chi connectivity index (χ0v) is 11.1. The molecular formula is C16H17NO2. The highest BCUT2D eigenvalue weighted by Crippen LogP contribution is 2.41. The molecule has 0 bridgehead atoms. The van der Waals surface area contributed by atoms with Gasteiger partial charge in [0.25, 0.3) is 0 Å². The van der Waals surface area contributed by atoms with E-state index in [4.69, 9.17) is 0 Å². The molecule has 0 radical (unpaired) electrons. The molecule has 0 spiro atoms. The van der Waals surface area contributed by atoms with Crippen LogP contribution in [0.3, 0.4) is 0 Å². The van der Waals surface area contributed by atoms with E-state index in [0.29, 0.717) is 12.8 Å². The molecule has 0 unspecified atom stereocenters. The number of aromatic hydroxyl groups is 2. The summed E-state index contributed by atoms with van der Waals surface area (Å²) in [6.07, 6.45) is 1.42. The molecule has 0 saturated carbocycles. The lowest BCUT2D eigenvalue weighted by Gasteiger charge is -2.15. The molecule has 19 heavy (non-hydrogen) atoms. The summed E-state index contributed by atoms with van der Waals surface area (Å²) < 4.78 is 1.52. The van der Waals surface area contributed by atoms with Crippen LogP contribution in [-0.4, -0.2) is 14.8 Å². The molecule has 3 nitrogen and oxygen atoms in total. The van der Waals surface area contributed by atoms with Gasteiger partial charge in [-0.25, -0.2) is 0 Å². The van der Waals surface area contributed by atoms with Crippen LogP contribution >= 0.6 is 0 Å². The van der Waals surface area contributed by atoms with Gasteiger partial charge in [0.1, 0.15) is 0 Å². The Balaban J connectivity index is 2.19. The van der Waals surface area contributed by atoms with Gasteiger partial charge < -0.3 is 10.2 Å². The van der Waals surface area contributed by atoms with Crippen LogP contribution in [0.2, 0.25) is 0 Å². The van der Waals surface area contributed by atoms with Crippen LogP contribution in [0.1, 0.15) is 25.0 Å². The normalized spacial score (nSPS) is 14.6. The summed E-state index contributed by atoms with van der Waals surface area (Å²) in [5, 5.41) is 20.8. The maximum Gasteiger partial charge on any atom is 0.202 e. The first kappa shape index (κ1) is 11.9. The second kappa shape index (κ2) is 4.19. The highest BCUT2D eigenvalue weighted by Gasteiger charge is 2.26. The lowest BCUT2D eigenvalue weighted by atomic mass is 9.90. The van der Waals surface area contributed by atoms with Gasteiger partial charge >= 0.3 is 0 Å². The molecule has 3 rings (SSSR count). The largest absolute Gasteiger partial charge is 0.494 e. The Morgan fingerprint density at radius 2 is 1.32 bits per heavy atom. The van der Waals surface area contributed by atoms with Crippen molar-refractivity contribution in [1.29, 1.82) is 0 Å². The minimum absolute atomic E-state index is 0.158. The molecule has 1 aliphatic rings. The fourth-order valence-corrected chi connectivity index (χ4v) is 2.67. The van der Waals surface area contributed by atoms with Gasteiger partial charge in [-0.05, 0) is 38.8 Å². The van der Waals surface area contributed by atoms with Crippen LogP contribution in [0.25, 0.3) is 5.69 Å². The maximum atomic E-state index is 10.4. The molecule has 98 valence electrons. The average molecular weight is 255 g/mol. The third kappa shape index (κ3) is 1.73. The van der Waals surface area contributed by atoms with Gasteiger partial charge in [-0.1, -0.05) is 29.3 Å². The third-order valence-corrected chi connectivity index (χ3v) is 3.95. The van der Waals surface area contributed by atoms with E-state index < -0.39 is 0 Å². The van der Waals surface area contributed by atoms with E-state index in [-0.39, 0.29) is 11.8 Å². The number of hydrogen-bond acceptors (Lipinski definition) is 2. The summed E-state index contributed by atoms with van der Waals surface area (Å²) in [6.45, 7) is 4.16. The van der Waals surface area contributed by atoms with Crippen molar-refractivity contribution in [2.75, 3.05) is 0 Å². The van der Waals surface area contributed by atoms with E-state index in [1.165, 1.54) is 15.7 Å². The topological polar surface area (TPSA) is 45.4 Å². The van der Waals surface area contributed by atoms with Gasteiger partial charge in [-0.3, -0.25) is 4.57 Å². The summed E-state index contributed by atoms with van der Waals surface area (Å²) >= 11 is 0. The van der Waals surface area contributed by atoms with Gasteiger partial charge in [0.2, 0.25) is 11.8 Å². The third-order valence-electron chi connectivity index (χ3n) is 3.95. The molecule has 2 aromatic rings. The van der Waals surface area contributed by atoms with Crippen LogP contribution in [0.15, 0.2) is 41.5 Å². The smallest absolute Gasteiger partial charge is 0.202 e. The molecule has 0 amide bonds. The molecule has 1 aliphatic carbocycles. The fourth-order valence-electron chi connectivity index (χ4n) is 2.67. The zero-order valence-electron chi connectivity index (χ0n) is 11.1. The van der Waals surface area contributed by atoms with Crippen molar-refractivity contribution in [1.82, 2.24) is 4.57 Å². The first-order valence-corrected chi connectivity index (χ1v) is 6.44. The molecule has 0 saturated heterocycles. The van der Waals surface area contributed by atoms with Crippen molar-refractivity contribution in [3.05, 3.63) is 52.6 Å². The van der Waals surface area contributed by atoms with Crippen LogP contribution in [-0.2, 0) is 12.8 Å². The van der Waals surface area contributed by atoms with Crippen molar-refractivity contribution in [3.63, 3.8) is 0 Å². The number of benzene rings is 1. The van der Waals surface area contributed by atoms with Gasteiger partial charge in [-0.2, -0.15) is 0 Å². The van der Waals surface area contributed by atoms with Gasteiger partial charge in [0, 0.05) is 11.1 Å². The second-order valence-corrected chi connectivity index (χ2v) is 5.19. The van der Waals surface area contributed by atoms with Crippen molar-refractivity contribution >= 4 is 0 Å². The van der Waals surface area contributed by atoms with E-state index in [0.717, 1.165) is 16.8 Å². The van der Waals surface area contributed by atoms with E-state index in [1.54, 1.807) is 0 Å². The predicted octanol–water partition coefficient (Wildman–Crippen LogP) is 3.32. The number of allylic oxidation sites excluding steroid dienone is 2. The lowest BCUT2D eigenvalue weighted by Crippen LogP contribution is -2.03. The Morgan fingerprint density at radius 3 is 1.79 bits per heavy atom. The van der Waals surface area contributed by atoms with E-state index >= 15 is 0 Å². The summed E-state index contributed by atoms with van der Waals surface area (Å²) in [6, 6.07) is 9.44. The molecule has 1 aromatic heterocycles. The molecule has 2 N–H and O–H groups in total. The van der Waals surface area contributed by atoms with Crippen molar-refractivity contribution in [2.24, 2.45) is 0 Å². The van der Waals surface area contributed by atoms with E-state index in [9.17, 15) is 10.2 Å². The first-order valence-electron chi connectivity index (χ1n) is 6.44. The monoisotopic (exact) mass is 255 g/mol. The minimum Gasteiger partial charge on any atom is -0.494 e. The summed E-state index contributed by atoms with van der Waals surface area (Å²) in [4.78, 5) is 0. The van der Waals surface area contributed by atoms with E-state index in [1.807, 2.05) is 30.3 Å². The number of para-hydroxylation sites is 1. The maximum absolute atomic E-state index is 10.4. The highest BCUT2D eigenvalue weighted by molar-refractivity contribution is 5.56. The van der Waals surface area contributed by atoms with Crippen molar-refractivity contribution < 1.29 is 10.2 Å².